The highest BCUT2D eigenvalue weighted by molar-refractivity contribution is 7.99. The largest absolute Gasteiger partial charge is 0.380 e. The fourth-order valence-electron chi connectivity index (χ4n) is 2.30. The summed E-state index contributed by atoms with van der Waals surface area (Å²) in [5, 5.41) is 14.5. The van der Waals surface area contributed by atoms with Gasteiger partial charge in [-0.3, -0.25) is 10.1 Å². The maximum Gasteiger partial charge on any atom is 0.292 e. The summed E-state index contributed by atoms with van der Waals surface area (Å²) in [6, 6.07) is 5.31. The molecule has 20 heavy (non-hydrogen) atoms. The molecule has 1 aliphatic rings. The van der Waals surface area contributed by atoms with Gasteiger partial charge in [-0.25, -0.2) is 0 Å². The number of nitro groups is 1. The molecule has 6 heteroatoms. The highest BCUT2D eigenvalue weighted by Gasteiger charge is 2.24. The molecular formula is C14H20N2O3S. The van der Waals surface area contributed by atoms with E-state index < -0.39 is 0 Å². The summed E-state index contributed by atoms with van der Waals surface area (Å²) >= 11 is 1.86. The van der Waals surface area contributed by atoms with Crippen LogP contribution in [0.1, 0.15) is 25.8 Å². The van der Waals surface area contributed by atoms with Crippen molar-refractivity contribution in [3.8, 4) is 0 Å². The van der Waals surface area contributed by atoms with Crippen LogP contribution in [0.5, 0.6) is 0 Å². The van der Waals surface area contributed by atoms with E-state index in [0.717, 1.165) is 24.3 Å². The van der Waals surface area contributed by atoms with Crippen molar-refractivity contribution in [3.05, 3.63) is 33.9 Å². The fourth-order valence-corrected chi connectivity index (χ4v) is 3.50. The maximum atomic E-state index is 11.0. The second-order valence-electron chi connectivity index (χ2n) is 4.85. The lowest BCUT2D eigenvalue weighted by molar-refractivity contribution is -0.384. The van der Waals surface area contributed by atoms with Crippen LogP contribution in [0.15, 0.2) is 18.2 Å². The van der Waals surface area contributed by atoms with Crippen molar-refractivity contribution in [3.63, 3.8) is 0 Å². The highest BCUT2D eigenvalue weighted by Crippen LogP contribution is 2.31. The van der Waals surface area contributed by atoms with Gasteiger partial charge in [-0.2, -0.15) is 11.8 Å². The first-order valence-corrected chi connectivity index (χ1v) is 7.91. The van der Waals surface area contributed by atoms with Crippen LogP contribution in [0.2, 0.25) is 0 Å². The second-order valence-corrected chi connectivity index (χ2v) is 6.08. The zero-order valence-corrected chi connectivity index (χ0v) is 12.6. The lowest BCUT2D eigenvalue weighted by Gasteiger charge is -2.14. The van der Waals surface area contributed by atoms with E-state index in [-0.39, 0.29) is 10.6 Å². The van der Waals surface area contributed by atoms with Crippen molar-refractivity contribution in [2.75, 3.05) is 18.5 Å². The Morgan fingerprint density at radius 1 is 1.55 bits per heavy atom. The predicted octanol–water partition coefficient (Wildman–Crippen LogP) is 3.44. The van der Waals surface area contributed by atoms with Gasteiger partial charge in [0, 0.05) is 30.2 Å². The zero-order valence-electron chi connectivity index (χ0n) is 11.8. The molecular weight excluding hydrogens is 276 g/mol. The van der Waals surface area contributed by atoms with Crippen molar-refractivity contribution in [1.82, 2.24) is 0 Å². The van der Waals surface area contributed by atoms with Crippen LogP contribution in [0.3, 0.4) is 0 Å². The first-order chi connectivity index (χ1) is 9.61. The molecule has 0 amide bonds. The number of thioether (sulfide) groups is 1. The third kappa shape index (κ3) is 3.64. The summed E-state index contributed by atoms with van der Waals surface area (Å²) in [5.74, 6) is 0.856. The molecule has 0 radical (unpaired) electrons. The average Bonchev–Trinajstić information content (AvgIpc) is 2.82. The highest BCUT2D eigenvalue weighted by atomic mass is 32.2. The number of anilines is 1. The minimum absolute atomic E-state index is 0.137. The molecule has 1 aromatic rings. The molecule has 1 aromatic carbocycles. The van der Waals surface area contributed by atoms with E-state index in [0.29, 0.717) is 23.6 Å². The smallest absolute Gasteiger partial charge is 0.292 e. The summed E-state index contributed by atoms with van der Waals surface area (Å²) in [7, 11) is 0. The van der Waals surface area contributed by atoms with Crippen LogP contribution in [0.4, 0.5) is 11.4 Å². The Labute approximate surface area is 123 Å². The van der Waals surface area contributed by atoms with E-state index in [1.54, 1.807) is 6.07 Å². The van der Waals surface area contributed by atoms with Crippen molar-refractivity contribution < 1.29 is 9.66 Å². The van der Waals surface area contributed by atoms with Crippen molar-refractivity contribution in [1.29, 1.82) is 0 Å². The molecule has 0 saturated carbocycles. The molecule has 0 bridgehead atoms. The van der Waals surface area contributed by atoms with E-state index >= 15 is 0 Å². The average molecular weight is 296 g/mol. The Kier molecular flexibility index (Phi) is 5.25. The second kappa shape index (κ2) is 6.95. The predicted molar refractivity (Wildman–Crippen MR) is 82.4 cm³/mol. The maximum absolute atomic E-state index is 11.0. The number of benzene rings is 1. The number of hydrogen-bond acceptors (Lipinski definition) is 5. The van der Waals surface area contributed by atoms with E-state index in [1.165, 1.54) is 0 Å². The van der Waals surface area contributed by atoms with E-state index in [9.17, 15) is 10.1 Å². The fraction of sp³-hybridized carbons (Fsp3) is 0.571. The third-order valence-electron chi connectivity index (χ3n) is 3.40. The summed E-state index contributed by atoms with van der Waals surface area (Å²) < 4.78 is 5.54. The molecule has 1 saturated heterocycles. The van der Waals surface area contributed by atoms with Gasteiger partial charge in [0.2, 0.25) is 0 Å². The van der Waals surface area contributed by atoms with Crippen LogP contribution >= 0.6 is 11.8 Å². The lowest BCUT2D eigenvalue weighted by atomic mass is 10.2. The number of hydrogen-bond donors (Lipinski definition) is 1. The molecule has 1 aliphatic heterocycles. The van der Waals surface area contributed by atoms with Gasteiger partial charge in [0.15, 0.2) is 0 Å². The standard InChI is InChI=1S/C14H20N2O3S/c1-3-15-12-8-11(4-5-13(12)16(17)18)9-20-14-6-7-19-10(14)2/h4-5,8,10,14-15H,3,6-7,9H2,1-2H3. The SMILES string of the molecule is CCNc1cc(CSC2CCOC2C)ccc1[N+](=O)[O-]. The molecule has 2 rings (SSSR count). The monoisotopic (exact) mass is 296 g/mol. The molecule has 0 aliphatic carbocycles. The first-order valence-electron chi connectivity index (χ1n) is 6.86. The van der Waals surface area contributed by atoms with Gasteiger partial charge in [0.25, 0.3) is 5.69 Å². The Balaban J connectivity index is 2.04. The van der Waals surface area contributed by atoms with E-state index in [4.69, 9.17) is 4.74 Å². The van der Waals surface area contributed by atoms with Gasteiger partial charge in [-0.1, -0.05) is 6.07 Å². The van der Waals surface area contributed by atoms with Crippen LogP contribution in [-0.4, -0.2) is 29.4 Å². The van der Waals surface area contributed by atoms with Gasteiger partial charge in [0.05, 0.1) is 11.0 Å². The normalized spacial score (nSPS) is 21.9. The third-order valence-corrected chi connectivity index (χ3v) is 4.94. The Bertz CT molecular complexity index is 481. The van der Waals surface area contributed by atoms with Crippen LogP contribution < -0.4 is 5.32 Å². The number of nitro benzene ring substituents is 1. The Morgan fingerprint density at radius 3 is 2.95 bits per heavy atom. The van der Waals surface area contributed by atoms with Gasteiger partial charge < -0.3 is 10.1 Å². The van der Waals surface area contributed by atoms with E-state index in [2.05, 4.69) is 12.2 Å². The molecule has 110 valence electrons. The zero-order chi connectivity index (χ0) is 14.5. The number of nitrogens with zero attached hydrogens (tertiary/aromatic N) is 1. The molecule has 2 atom stereocenters. The molecule has 1 heterocycles. The minimum Gasteiger partial charge on any atom is -0.380 e. The van der Waals surface area contributed by atoms with Crippen molar-refractivity contribution in [2.45, 2.75) is 37.4 Å². The molecule has 1 N–H and O–H groups in total. The molecule has 1 fully saturated rings. The topological polar surface area (TPSA) is 64.4 Å². The Hall–Kier alpha value is -1.27. The summed E-state index contributed by atoms with van der Waals surface area (Å²) in [6.45, 7) is 5.54. The van der Waals surface area contributed by atoms with Crippen molar-refractivity contribution in [2.24, 2.45) is 0 Å². The quantitative estimate of drug-likeness (QED) is 0.643. The lowest BCUT2D eigenvalue weighted by Crippen LogP contribution is -2.13. The first kappa shape index (κ1) is 15.1. The number of nitrogens with one attached hydrogen (secondary N) is 1. The van der Waals surface area contributed by atoms with Gasteiger partial charge in [0.1, 0.15) is 5.69 Å². The van der Waals surface area contributed by atoms with Gasteiger partial charge in [-0.05, 0) is 31.9 Å². The molecule has 0 aromatic heterocycles. The van der Waals surface area contributed by atoms with Crippen LogP contribution in [0.25, 0.3) is 0 Å². The van der Waals surface area contributed by atoms with Crippen LogP contribution in [0, 0.1) is 10.1 Å². The summed E-state index contributed by atoms with van der Waals surface area (Å²) in [6.07, 6.45) is 1.38. The molecule has 2 unspecified atom stereocenters. The van der Waals surface area contributed by atoms with Crippen molar-refractivity contribution >= 4 is 23.1 Å². The minimum atomic E-state index is -0.345. The van der Waals surface area contributed by atoms with Gasteiger partial charge in [-0.15, -0.1) is 0 Å². The Morgan fingerprint density at radius 2 is 2.35 bits per heavy atom. The number of rotatable bonds is 6. The van der Waals surface area contributed by atoms with Gasteiger partial charge >= 0.3 is 0 Å². The summed E-state index contributed by atoms with van der Waals surface area (Å²) in [4.78, 5) is 10.6. The van der Waals surface area contributed by atoms with E-state index in [1.807, 2.05) is 30.8 Å². The summed E-state index contributed by atoms with van der Waals surface area (Å²) in [5.41, 5.74) is 1.85. The number of ether oxygens (including phenoxy) is 1. The molecule has 0 spiro atoms. The molecule has 5 nitrogen and oxygen atoms in total. The van der Waals surface area contributed by atoms with Crippen LogP contribution in [-0.2, 0) is 10.5 Å².